The number of nitrogens with one attached hydrogen (secondary N) is 2. The van der Waals surface area contributed by atoms with E-state index in [1.165, 1.54) is 6.42 Å². The number of hydrogen-bond acceptors (Lipinski definition) is 4. The molecule has 5 rings (SSSR count). The number of ether oxygens (including phenoxy) is 1. The lowest BCUT2D eigenvalue weighted by Gasteiger charge is -2.36. The predicted octanol–water partition coefficient (Wildman–Crippen LogP) is 3.64. The van der Waals surface area contributed by atoms with Crippen molar-refractivity contribution in [2.75, 3.05) is 5.32 Å². The maximum Gasteiger partial charge on any atom is 0.246 e. The van der Waals surface area contributed by atoms with Gasteiger partial charge in [-0.3, -0.25) is 14.4 Å². The molecule has 0 radical (unpaired) electrons. The minimum Gasteiger partial charge on any atom is -0.359 e. The Labute approximate surface area is 207 Å². The molecule has 1 aliphatic carbocycles. The lowest BCUT2D eigenvalue weighted by Crippen LogP contribution is -2.58. The van der Waals surface area contributed by atoms with Crippen LogP contribution in [0.3, 0.4) is 0 Å². The van der Waals surface area contributed by atoms with Crippen molar-refractivity contribution in [1.29, 1.82) is 0 Å². The van der Waals surface area contributed by atoms with Gasteiger partial charge in [-0.2, -0.15) is 0 Å². The molecule has 2 saturated heterocycles. The van der Waals surface area contributed by atoms with E-state index in [1.807, 2.05) is 58.0 Å². The quantitative estimate of drug-likeness (QED) is 0.610. The first-order valence-electron chi connectivity index (χ1n) is 13.1. The summed E-state index contributed by atoms with van der Waals surface area (Å²) >= 11 is 0. The monoisotopic (exact) mass is 479 g/mol. The second kappa shape index (κ2) is 9.08. The summed E-state index contributed by atoms with van der Waals surface area (Å²) in [4.78, 5) is 42.9. The Morgan fingerprint density at radius 2 is 1.89 bits per heavy atom. The number of rotatable bonds is 6. The third kappa shape index (κ3) is 3.88. The van der Waals surface area contributed by atoms with E-state index in [4.69, 9.17) is 4.74 Å². The van der Waals surface area contributed by atoms with Gasteiger partial charge in [0.15, 0.2) is 0 Å². The zero-order valence-corrected chi connectivity index (χ0v) is 21.2. The Bertz CT molecular complexity index is 1060. The van der Waals surface area contributed by atoms with Crippen LogP contribution in [0.25, 0.3) is 0 Å². The highest BCUT2D eigenvalue weighted by atomic mass is 16.5. The maximum atomic E-state index is 13.9. The second-order valence-corrected chi connectivity index (χ2v) is 10.8. The average Bonchev–Trinajstić information content (AvgIpc) is 3.49. The van der Waals surface area contributed by atoms with Gasteiger partial charge in [0.25, 0.3) is 0 Å². The summed E-state index contributed by atoms with van der Waals surface area (Å²) in [5.41, 5.74) is 1.84. The molecule has 7 nitrogen and oxygen atoms in total. The van der Waals surface area contributed by atoms with Gasteiger partial charge in [-0.25, -0.2) is 0 Å². The van der Waals surface area contributed by atoms with Crippen molar-refractivity contribution in [3.05, 3.63) is 41.5 Å². The van der Waals surface area contributed by atoms with Gasteiger partial charge in [0.05, 0.1) is 17.9 Å². The highest BCUT2D eigenvalue weighted by molar-refractivity contribution is 6.03. The molecule has 3 heterocycles. The Hall–Kier alpha value is -2.67. The van der Waals surface area contributed by atoms with Crippen LogP contribution in [-0.2, 0) is 19.1 Å². The van der Waals surface area contributed by atoms with Gasteiger partial charge in [-0.15, -0.1) is 0 Å². The van der Waals surface area contributed by atoms with Gasteiger partial charge in [-0.1, -0.05) is 44.4 Å². The average molecular weight is 480 g/mol. The molecule has 0 aromatic heterocycles. The van der Waals surface area contributed by atoms with Crippen LogP contribution in [0.5, 0.6) is 0 Å². The van der Waals surface area contributed by atoms with Gasteiger partial charge >= 0.3 is 0 Å². The molecule has 35 heavy (non-hydrogen) atoms. The molecule has 3 amide bonds. The van der Waals surface area contributed by atoms with Gasteiger partial charge in [-0.05, 0) is 63.3 Å². The molecule has 188 valence electrons. The van der Waals surface area contributed by atoms with E-state index in [2.05, 4.69) is 10.6 Å². The number of amides is 3. The first-order chi connectivity index (χ1) is 16.8. The first kappa shape index (κ1) is 24.0. The van der Waals surface area contributed by atoms with Crippen LogP contribution < -0.4 is 10.6 Å². The van der Waals surface area contributed by atoms with E-state index < -0.39 is 29.6 Å². The lowest BCUT2D eigenvalue weighted by atomic mass is 9.74. The number of hydrogen-bond donors (Lipinski definition) is 2. The zero-order valence-electron chi connectivity index (χ0n) is 21.2. The normalized spacial score (nSPS) is 32.6. The summed E-state index contributed by atoms with van der Waals surface area (Å²) in [6.07, 6.45) is 9.30. The highest BCUT2D eigenvalue weighted by Gasteiger charge is 2.73. The van der Waals surface area contributed by atoms with Gasteiger partial charge in [0.2, 0.25) is 17.7 Å². The standard InChI is InChI=1S/C28H37N3O4/c1-5-18(4)31-24(26(33)29-19-9-7-6-8-10-19)28-14-13-21(35-28)22(23(28)27(31)34)25(32)30-20-12-11-16(2)17(3)15-20/h11-15,18-19,21-24H,5-10H2,1-4H3,(H,29,33)(H,30,32)/t18-,21+,22-,23+,24-,28-/m0/s1. The van der Waals surface area contributed by atoms with E-state index in [0.29, 0.717) is 12.1 Å². The molecule has 2 bridgehead atoms. The number of likely N-dealkylation sites (tertiary alicyclic amines) is 1. The van der Waals surface area contributed by atoms with Crippen molar-refractivity contribution >= 4 is 23.4 Å². The zero-order chi connectivity index (χ0) is 24.9. The summed E-state index contributed by atoms with van der Waals surface area (Å²) in [6.45, 7) is 8.01. The van der Waals surface area contributed by atoms with Crippen molar-refractivity contribution in [1.82, 2.24) is 10.2 Å². The number of nitrogens with zero attached hydrogens (tertiary/aromatic N) is 1. The minimum atomic E-state index is -1.10. The SMILES string of the molecule is CC[C@H](C)N1C(=O)[C@H]2[C@@H](C(=O)Nc3ccc(C)c(C)c3)[C@H]3C=C[C@@]2(O3)[C@@H]1C(=O)NC1CCCCC1. The number of benzene rings is 1. The van der Waals surface area contributed by atoms with Crippen molar-refractivity contribution in [3.63, 3.8) is 0 Å². The van der Waals surface area contributed by atoms with Crippen molar-refractivity contribution in [2.45, 2.75) is 96.1 Å². The number of anilines is 1. The van der Waals surface area contributed by atoms with E-state index in [-0.39, 0.29) is 29.8 Å². The molecule has 3 fully saturated rings. The maximum absolute atomic E-state index is 13.9. The predicted molar refractivity (Wildman–Crippen MR) is 134 cm³/mol. The molecular weight excluding hydrogens is 442 g/mol. The molecular formula is C28H37N3O4. The van der Waals surface area contributed by atoms with Crippen LogP contribution in [0.2, 0.25) is 0 Å². The van der Waals surface area contributed by atoms with Crippen molar-refractivity contribution in [3.8, 4) is 0 Å². The molecule has 3 aliphatic heterocycles. The third-order valence-electron chi connectivity index (χ3n) is 8.65. The molecule has 2 N–H and O–H groups in total. The highest BCUT2D eigenvalue weighted by Crippen LogP contribution is 2.55. The number of fused-ring (bicyclic) bond motifs is 1. The fourth-order valence-electron chi connectivity index (χ4n) is 6.45. The summed E-state index contributed by atoms with van der Waals surface area (Å²) in [6, 6.07) is 5.02. The molecule has 4 aliphatic rings. The molecule has 1 spiro atoms. The first-order valence-corrected chi connectivity index (χ1v) is 13.1. The van der Waals surface area contributed by atoms with E-state index >= 15 is 0 Å². The Morgan fingerprint density at radius 1 is 1.14 bits per heavy atom. The van der Waals surface area contributed by atoms with Gasteiger partial charge in [0.1, 0.15) is 11.6 Å². The fraction of sp³-hybridized carbons (Fsp3) is 0.607. The Balaban J connectivity index is 1.44. The largest absolute Gasteiger partial charge is 0.359 e. The smallest absolute Gasteiger partial charge is 0.246 e. The molecule has 7 heteroatoms. The molecule has 1 aromatic rings. The van der Waals surface area contributed by atoms with Gasteiger partial charge in [0, 0.05) is 17.8 Å². The van der Waals surface area contributed by atoms with E-state index in [9.17, 15) is 14.4 Å². The summed E-state index contributed by atoms with van der Waals surface area (Å²) in [5, 5.41) is 6.24. The third-order valence-corrected chi connectivity index (χ3v) is 8.65. The molecule has 0 unspecified atom stereocenters. The Morgan fingerprint density at radius 3 is 2.57 bits per heavy atom. The number of carbonyl (C=O) groups is 3. The van der Waals surface area contributed by atoms with Crippen molar-refractivity contribution < 1.29 is 19.1 Å². The lowest BCUT2D eigenvalue weighted by molar-refractivity contribution is -0.143. The number of aryl methyl sites for hydroxylation is 2. The van der Waals surface area contributed by atoms with Crippen LogP contribution in [0.1, 0.15) is 63.5 Å². The van der Waals surface area contributed by atoms with E-state index in [0.717, 1.165) is 36.8 Å². The van der Waals surface area contributed by atoms with Crippen LogP contribution in [-0.4, -0.2) is 52.5 Å². The van der Waals surface area contributed by atoms with Gasteiger partial charge < -0.3 is 20.3 Å². The summed E-state index contributed by atoms with van der Waals surface area (Å²) in [5.74, 6) is -1.93. The summed E-state index contributed by atoms with van der Waals surface area (Å²) in [7, 11) is 0. The van der Waals surface area contributed by atoms with Crippen LogP contribution >= 0.6 is 0 Å². The summed E-state index contributed by atoms with van der Waals surface area (Å²) < 4.78 is 6.42. The number of carbonyl (C=O) groups excluding carboxylic acids is 3. The fourth-order valence-corrected chi connectivity index (χ4v) is 6.45. The van der Waals surface area contributed by atoms with Crippen molar-refractivity contribution in [2.24, 2.45) is 11.8 Å². The molecule has 1 aromatic carbocycles. The Kier molecular flexibility index (Phi) is 6.24. The molecule has 6 atom stereocenters. The van der Waals surface area contributed by atoms with Crippen LogP contribution in [0, 0.1) is 25.7 Å². The second-order valence-electron chi connectivity index (χ2n) is 10.8. The topological polar surface area (TPSA) is 87.7 Å². The molecule has 1 saturated carbocycles. The van der Waals surface area contributed by atoms with Crippen LogP contribution in [0.15, 0.2) is 30.4 Å². The van der Waals surface area contributed by atoms with Crippen LogP contribution in [0.4, 0.5) is 5.69 Å². The van der Waals surface area contributed by atoms with E-state index in [1.54, 1.807) is 4.90 Å². The minimum absolute atomic E-state index is 0.132.